The van der Waals surface area contributed by atoms with Gasteiger partial charge in [0, 0.05) is 30.8 Å². The van der Waals surface area contributed by atoms with Gasteiger partial charge in [-0.3, -0.25) is 4.98 Å². The van der Waals surface area contributed by atoms with Gasteiger partial charge in [-0.15, -0.1) is 0 Å². The van der Waals surface area contributed by atoms with E-state index in [1.165, 1.54) is 0 Å². The number of rotatable bonds is 6. The summed E-state index contributed by atoms with van der Waals surface area (Å²) in [5, 5.41) is 3.21. The van der Waals surface area contributed by atoms with Crippen LogP contribution >= 0.6 is 0 Å². The van der Waals surface area contributed by atoms with Crippen LogP contribution in [0.2, 0.25) is 0 Å². The van der Waals surface area contributed by atoms with Crippen molar-refractivity contribution in [2.75, 3.05) is 12.4 Å². The second kappa shape index (κ2) is 7.53. The van der Waals surface area contributed by atoms with Gasteiger partial charge in [-0.1, -0.05) is 12.1 Å². The van der Waals surface area contributed by atoms with E-state index < -0.39 is 0 Å². The van der Waals surface area contributed by atoms with Crippen LogP contribution < -0.4 is 11.0 Å². The van der Waals surface area contributed by atoms with Crippen LogP contribution in [-0.2, 0) is 11.3 Å². The standard InChI is InChI=1S/C20H19N5O3/c1-12-3-4-13(11-27-2)7-15(12)25-20-23-10-18(28-20)14-5-6-21-16(8-14)17-9-22-19(26)24-17/h3-10H,11H2,1-2H3,(H,23,25)(H2,22,24,26). The Morgan fingerprint density at radius 1 is 1.21 bits per heavy atom. The first-order chi connectivity index (χ1) is 13.6. The summed E-state index contributed by atoms with van der Waals surface area (Å²) in [5.74, 6) is 0.592. The summed E-state index contributed by atoms with van der Waals surface area (Å²) in [4.78, 5) is 25.2. The number of pyridine rings is 1. The van der Waals surface area contributed by atoms with Crippen LogP contribution in [0.25, 0.3) is 22.7 Å². The third-order valence-electron chi connectivity index (χ3n) is 4.28. The van der Waals surface area contributed by atoms with E-state index in [2.05, 4.69) is 25.3 Å². The number of hydrogen-bond acceptors (Lipinski definition) is 6. The Balaban J connectivity index is 1.58. The van der Waals surface area contributed by atoms with Gasteiger partial charge in [-0.25, -0.2) is 9.78 Å². The van der Waals surface area contributed by atoms with E-state index in [0.717, 1.165) is 22.4 Å². The zero-order valence-corrected chi connectivity index (χ0v) is 15.4. The van der Waals surface area contributed by atoms with Crippen molar-refractivity contribution < 1.29 is 9.15 Å². The molecule has 3 aromatic heterocycles. The Morgan fingerprint density at radius 2 is 2.11 bits per heavy atom. The molecule has 0 bridgehead atoms. The number of aryl methyl sites for hydroxylation is 1. The molecule has 28 heavy (non-hydrogen) atoms. The predicted molar refractivity (Wildman–Crippen MR) is 105 cm³/mol. The minimum Gasteiger partial charge on any atom is -0.423 e. The van der Waals surface area contributed by atoms with Crippen LogP contribution in [-0.4, -0.2) is 27.0 Å². The fraction of sp³-hybridized carbons (Fsp3) is 0.150. The van der Waals surface area contributed by atoms with Crippen molar-refractivity contribution in [3.8, 4) is 22.7 Å². The Bertz CT molecular complexity index is 1160. The van der Waals surface area contributed by atoms with Crippen molar-refractivity contribution in [1.29, 1.82) is 0 Å². The van der Waals surface area contributed by atoms with Crippen LogP contribution in [0.5, 0.6) is 0 Å². The lowest BCUT2D eigenvalue weighted by atomic mass is 10.1. The highest BCUT2D eigenvalue weighted by atomic mass is 16.5. The van der Waals surface area contributed by atoms with Crippen molar-refractivity contribution >= 4 is 11.7 Å². The number of imidazole rings is 1. The molecule has 3 N–H and O–H groups in total. The maximum Gasteiger partial charge on any atom is 0.323 e. The summed E-state index contributed by atoms with van der Waals surface area (Å²) in [7, 11) is 1.67. The SMILES string of the molecule is COCc1ccc(C)c(Nc2ncc(-c3ccnc(-c4c[nH]c(=O)[nH]4)c3)o2)c1. The fourth-order valence-corrected chi connectivity index (χ4v) is 2.84. The van der Waals surface area contributed by atoms with Crippen molar-refractivity contribution in [2.45, 2.75) is 13.5 Å². The molecule has 4 rings (SSSR count). The van der Waals surface area contributed by atoms with Crippen LogP contribution in [0.4, 0.5) is 11.7 Å². The number of H-pyrrole nitrogens is 2. The molecule has 3 heterocycles. The zero-order valence-electron chi connectivity index (χ0n) is 15.4. The van der Waals surface area contributed by atoms with E-state index in [0.29, 0.717) is 29.8 Å². The number of nitrogens with zero attached hydrogens (tertiary/aromatic N) is 2. The molecule has 0 saturated heterocycles. The Morgan fingerprint density at radius 3 is 2.89 bits per heavy atom. The fourth-order valence-electron chi connectivity index (χ4n) is 2.84. The molecule has 0 aliphatic carbocycles. The molecular formula is C20H19N5O3. The average molecular weight is 377 g/mol. The number of anilines is 2. The van der Waals surface area contributed by atoms with Gasteiger partial charge >= 0.3 is 5.69 Å². The number of aromatic nitrogens is 4. The highest BCUT2D eigenvalue weighted by Crippen LogP contribution is 2.28. The highest BCUT2D eigenvalue weighted by molar-refractivity contribution is 5.66. The van der Waals surface area contributed by atoms with Gasteiger partial charge in [0.1, 0.15) is 0 Å². The number of nitrogens with one attached hydrogen (secondary N) is 3. The van der Waals surface area contributed by atoms with Crippen LogP contribution in [0.15, 0.2) is 58.1 Å². The first-order valence-corrected chi connectivity index (χ1v) is 8.68. The summed E-state index contributed by atoms with van der Waals surface area (Å²) < 4.78 is 11.1. The minimum absolute atomic E-state index is 0.278. The first-order valence-electron chi connectivity index (χ1n) is 8.68. The summed E-state index contributed by atoms with van der Waals surface area (Å²) in [6.45, 7) is 2.54. The van der Waals surface area contributed by atoms with Crippen molar-refractivity contribution in [2.24, 2.45) is 0 Å². The van der Waals surface area contributed by atoms with Gasteiger partial charge in [-0.2, -0.15) is 0 Å². The molecule has 0 radical (unpaired) electrons. The van der Waals surface area contributed by atoms with Crippen LogP contribution in [0.1, 0.15) is 11.1 Å². The van der Waals surface area contributed by atoms with E-state index in [4.69, 9.17) is 9.15 Å². The average Bonchev–Trinajstić information content (AvgIpc) is 3.34. The lowest BCUT2D eigenvalue weighted by molar-refractivity contribution is 0.185. The molecule has 0 aliphatic heterocycles. The Kier molecular flexibility index (Phi) is 4.77. The maximum absolute atomic E-state index is 11.3. The second-order valence-electron chi connectivity index (χ2n) is 6.32. The number of aromatic amines is 2. The summed E-state index contributed by atoms with van der Waals surface area (Å²) in [5.41, 5.74) is 4.80. The van der Waals surface area contributed by atoms with Gasteiger partial charge < -0.3 is 24.4 Å². The van der Waals surface area contributed by atoms with Crippen molar-refractivity contribution in [1.82, 2.24) is 19.9 Å². The van der Waals surface area contributed by atoms with Crippen molar-refractivity contribution in [3.05, 3.63) is 70.5 Å². The third-order valence-corrected chi connectivity index (χ3v) is 4.28. The van der Waals surface area contributed by atoms with Crippen LogP contribution in [0, 0.1) is 6.92 Å². The molecule has 0 aliphatic rings. The van der Waals surface area contributed by atoms with Crippen LogP contribution in [0.3, 0.4) is 0 Å². The molecule has 8 nitrogen and oxygen atoms in total. The number of hydrogen-bond donors (Lipinski definition) is 3. The molecule has 8 heteroatoms. The molecule has 4 aromatic rings. The lowest BCUT2D eigenvalue weighted by Crippen LogP contribution is -2.00. The molecule has 142 valence electrons. The Hall–Kier alpha value is -3.65. The zero-order chi connectivity index (χ0) is 19.5. The largest absolute Gasteiger partial charge is 0.423 e. The number of benzene rings is 1. The molecule has 0 saturated carbocycles. The van der Waals surface area contributed by atoms with E-state index in [1.807, 2.05) is 37.3 Å². The first kappa shape index (κ1) is 17.7. The number of methoxy groups -OCH3 is 1. The minimum atomic E-state index is -0.278. The maximum atomic E-state index is 11.3. The quantitative estimate of drug-likeness (QED) is 0.473. The molecule has 0 spiro atoms. The summed E-state index contributed by atoms with van der Waals surface area (Å²) in [6, 6.07) is 10.1. The summed E-state index contributed by atoms with van der Waals surface area (Å²) in [6.07, 6.45) is 4.89. The predicted octanol–water partition coefficient (Wildman–Crippen LogP) is 3.62. The monoisotopic (exact) mass is 377 g/mol. The van der Waals surface area contributed by atoms with Crippen molar-refractivity contribution in [3.63, 3.8) is 0 Å². The molecular weight excluding hydrogens is 358 g/mol. The van der Waals surface area contributed by atoms with Gasteiger partial charge in [0.15, 0.2) is 5.76 Å². The third kappa shape index (κ3) is 3.72. The molecule has 0 amide bonds. The lowest BCUT2D eigenvalue weighted by Gasteiger charge is -2.08. The van der Waals surface area contributed by atoms with Gasteiger partial charge in [0.05, 0.1) is 24.2 Å². The van der Waals surface area contributed by atoms with E-state index in [1.54, 1.807) is 25.7 Å². The molecule has 0 fully saturated rings. The second-order valence-corrected chi connectivity index (χ2v) is 6.32. The smallest absolute Gasteiger partial charge is 0.323 e. The summed E-state index contributed by atoms with van der Waals surface area (Å²) >= 11 is 0. The molecule has 0 atom stereocenters. The van der Waals surface area contributed by atoms with E-state index >= 15 is 0 Å². The van der Waals surface area contributed by atoms with Gasteiger partial charge in [0.2, 0.25) is 0 Å². The van der Waals surface area contributed by atoms with E-state index in [-0.39, 0.29) is 5.69 Å². The number of oxazole rings is 1. The van der Waals surface area contributed by atoms with Gasteiger partial charge in [-0.05, 0) is 36.2 Å². The Labute approximate surface area is 160 Å². The molecule has 1 aromatic carbocycles. The van der Waals surface area contributed by atoms with E-state index in [9.17, 15) is 4.79 Å². The number of ether oxygens (including phenoxy) is 1. The van der Waals surface area contributed by atoms with Gasteiger partial charge in [0.25, 0.3) is 6.01 Å². The normalized spacial score (nSPS) is 10.9. The highest BCUT2D eigenvalue weighted by Gasteiger charge is 2.11. The molecule has 0 unspecified atom stereocenters. The topological polar surface area (TPSA) is 109 Å².